The van der Waals surface area contributed by atoms with Gasteiger partial charge in [0.25, 0.3) is 0 Å². The molecular weight excluding hydrogens is 250 g/mol. The third-order valence-electron chi connectivity index (χ3n) is 2.48. The summed E-state index contributed by atoms with van der Waals surface area (Å²) in [5.41, 5.74) is 1.01. The largest absolute Gasteiger partial charge is 0.493 e. The lowest BCUT2D eigenvalue weighted by Crippen LogP contribution is -1.97. The normalized spacial score (nSPS) is 10.2. The Labute approximate surface area is 109 Å². The number of aromatic nitrogens is 1. The van der Waals surface area contributed by atoms with E-state index in [1.165, 1.54) is 13.2 Å². The number of rotatable bonds is 5. The number of methoxy groups -OCH3 is 1. The van der Waals surface area contributed by atoms with Gasteiger partial charge in [-0.2, -0.15) is 0 Å². The number of ether oxygens (including phenoxy) is 2. The average Bonchev–Trinajstić information content (AvgIpc) is 2.89. The van der Waals surface area contributed by atoms with Crippen LogP contribution in [0.5, 0.6) is 11.5 Å². The Bertz CT molecular complexity index is 590. The molecule has 2 rings (SSSR count). The second-order valence-corrected chi connectivity index (χ2v) is 3.65. The lowest BCUT2D eigenvalue weighted by molar-refractivity contribution is 0.0652. The van der Waals surface area contributed by atoms with Crippen LogP contribution in [0.3, 0.4) is 0 Å². The van der Waals surface area contributed by atoms with E-state index >= 15 is 0 Å². The van der Waals surface area contributed by atoms with E-state index in [1.807, 2.05) is 6.92 Å². The van der Waals surface area contributed by atoms with Crippen molar-refractivity contribution < 1.29 is 23.9 Å². The number of carboxylic acids is 1. The number of hydrogen-bond donors (Lipinski definition) is 1. The van der Waals surface area contributed by atoms with Crippen molar-refractivity contribution in [3.8, 4) is 22.8 Å². The molecule has 0 bridgehead atoms. The Morgan fingerprint density at radius 1 is 1.47 bits per heavy atom. The van der Waals surface area contributed by atoms with Crippen LogP contribution in [0.4, 0.5) is 0 Å². The predicted octanol–water partition coefficient (Wildman–Crippen LogP) is 2.45. The van der Waals surface area contributed by atoms with Crippen molar-refractivity contribution in [1.82, 2.24) is 5.16 Å². The van der Waals surface area contributed by atoms with Crippen LogP contribution in [-0.4, -0.2) is 29.9 Å². The first-order chi connectivity index (χ1) is 9.17. The molecule has 0 spiro atoms. The standard InChI is InChI=1S/C13H13NO5/c1-3-18-12-8(5-4-6-10(12)17-2)9-7-11(13(15)16)19-14-9/h4-7H,3H2,1-2H3,(H,15,16). The SMILES string of the molecule is CCOc1c(OC)cccc1-c1cc(C(=O)O)on1. The van der Waals surface area contributed by atoms with Gasteiger partial charge < -0.3 is 19.1 Å². The van der Waals surface area contributed by atoms with Crippen molar-refractivity contribution in [2.75, 3.05) is 13.7 Å². The van der Waals surface area contributed by atoms with Crippen LogP contribution in [0, 0.1) is 0 Å². The van der Waals surface area contributed by atoms with E-state index in [0.29, 0.717) is 29.4 Å². The van der Waals surface area contributed by atoms with Crippen LogP contribution in [0.2, 0.25) is 0 Å². The van der Waals surface area contributed by atoms with E-state index in [9.17, 15) is 4.79 Å². The topological polar surface area (TPSA) is 81.8 Å². The summed E-state index contributed by atoms with van der Waals surface area (Å²) in [4.78, 5) is 10.8. The van der Waals surface area contributed by atoms with Gasteiger partial charge in [-0.15, -0.1) is 0 Å². The highest BCUT2D eigenvalue weighted by atomic mass is 16.5. The van der Waals surface area contributed by atoms with Gasteiger partial charge in [-0.25, -0.2) is 4.79 Å². The molecule has 19 heavy (non-hydrogen) atoms. The molecule has 1 N–H and O–H groups in total. The molecule has 0 radical (unpaired) electrons. The fourth-order valence-corrected chi connectivity index (χ4v) is 1.67. The third kappa shape index (κ3) is 2.52. The average molecular weight is 263 g/mol. The van der Waals surface area contributed by atoms with Gasteiger partial charge in [0.05, 0.1) is 13.7 Å². The van der Waals surface area contributed by atoms with Crippen molar-refractivity contribution in [2.45, 2.75) is 6.92 Å². The molecule has 0 aliphatic carbocycles. The molecule has 0 aliphatic rings. The highest BCUT2D eigenvalue weighted by Gasteiger charge is 2.18. The van der Waals surface area contributed by atoms with Gasteiger partial charge in [0.1, 0.15) is 5.69 Å². The Morgan fingerprint density at radius 3 is 2.84 bits per heavy atom. The second-order valence-electron chi connectivity index (χ2n) is 3.65. The third-order valence-corrected chi connectivity index (χ3v) is 2.48. The smallest absolute Gasteiger partial charge is 0.374 e. The minimum absolute atomic E-state index is 0.222. The number of nitrogens with zero attached hydrogens (tertiary/aromatic N) is 1. The number of hydrogen-bond acceptors (Lipinski definition) is 5. The second kappa shape index (κ2) is 5.43. The van der Waals surface area contributed by atoms with Crippen LogP contribution >= 0.6 is 0 Å². The molecule has 0 amide bonds. The van der Waals surface area contributed by atoms with E-state index in [2.05, 4.69) is 5.16 Å². The lowest BCUT2D eigenvalue weighted by Gasteiger charge is -2.12. The molecule has 2 aromatic rings. The lowest BCUT2D eigenvalue weighted by atomic mass is 10.1. The predicted molar refractivity (Wildman–Crippen MR) is 66.6 cm³/mol. The highest BCUT2D eigenvalue weighted by Crippen LogP contribution is 2.37. The molecule has 6 nitrogen and oxygen atoms in total. The number of benzene rings is 1. The minimum Gasteiger partial charge on any atom is -0.493 e. The Hall–Kier alpha value is -2.50. The molecule has 0 saturated heterocycles. The number of para-hydroxylation sites is 1. The van der Waals surface area contributed by atoms with Gasteiger partial charge in [-0.3, -0.25) is 0 Å². The summed E-state index contributed by atoms with van der Waals surface area (Å²) in [7, 11) is 1.53. The van der Waals surface area contributed by atoms with Crippen LogP contribution < -0.4 is 9.47 Å². The molecule has 100 valence electrons. The molecule has 0 saturated carbocycles. The highest BCUT2D eigenvalue weighted by molar-refractivity contribution is 5.86. The van der Waals surface area contributed by atoms with Gasteiger partial charge in [-0.1, -0.05) is 11.2 Å². The van der Waals surface area contributed by atoms with Crippen LogP contribution in [0.25, 0.3) is 11.3 Å². The quantitative estimate of drug-likeness (QED) is 0.892. The van der Waals surface area contributed by atoms with E-state index < -0.39 is 5.97 Å². The van der Waals surface area contributed by atoms with Gasteiger partial charge in [0, 0.05) is 11.6 Å². The Morgan fingerprint density at radius 2 is 2.26 bits per heavy atom. The van der Waals surface area contributed by atoms with Crippen molar-refractivity contribution in [1.29, 1.82) is 0 Å². The first kappa shape index (κ1) is 12.9. The van der Waals surface area contributed by atoms with Crippen molar-refractivity contribution in [3.05, 3.63) is 30.0 Å². The van der Waals surface area contributed by atoms with E-state index in [1.54, 1.807) is 18.2 Å². The molecule has 0 atom stereocenters. The first-order valence-corrected chi connectivity index (χ1v) is 5.67. The van der Waals surface area contributed by atoms with E-state index in [4.69, 9.17) is 19.1 Å². The van der Waals surface area contributed by atoms with Crippen LogP contribution in [0.15, 0.2) is 28.8 Å². The number of carbonyl (C=O) groups is 1. The monoisotopic (exact) mass is 263 g/mol. The maximum absolute atomic E-state index is 10.8. The maximum Gasteiger partial charge on any atom is 0.374 e. The number of aromatic carboxylic acids is 1. The number of carboxylic acid groups (broad SMARTS) is 1. The minimum atomic E-state index is -1.17. The molecule has 1 heterocycles. The van der Waals surface area contributed by atoms with Gasteiger partial charge >= 0.3 is 5.97 Å². The summed E-state index contributed by atoms with van der Waals surface area (Å²) in [6.45, 7) is 2.30. The molecule has 6 heteroatoms. The fraction of sp³-hybridized carbons (Fsp3) is 0.231. The molecule has 1 aromatic heterocycles. The molecule has 1 aromatic carbocycles. The van der Waals surface area contributed by atoms with Gasteiger partial charge in [0.2, 0.25) is 5.76 Å². The van der Waals surface area contributed by atoms with Crippen molar-refractivity contribution in [3.63, 3.8) is 0 Å². The summed E-state index contributed by atoms with van der Waals surface area (Å²) in [5.74, 6) is -0.322. The summed E-state index contributed by atoms with van der Waals surface area (Å²) >= 11 is 0. The van der Waals surface area contributed by atoms with Crippen LogP contribution in [-0.2, 0) is 0 Å². The molecule has 0 unspecified atom stereocenters. The van der Waals surface area contributed by atoms with Crippen molar-refractivity contribution in [2.24, 2.45) is 0 Å². The fourth-order valence-electron chi connectivity index (χ4n) is 1.67. The maximum atomic E-state index is 10.8. The summed E-state index contributed by atoms with van der Waals surface area (Å²) in [5, 5.41) is 12.6. The zero-order valence-corrected chi connectivity index (χ0v) is 10.5. The first-order valence-electron chi connectivity index (χ1n) is 5.67. The summed E-state index contributed by atoms with van der Waals surface area (Å²) < 4.78 is 15.5. The molecule has 0 aliphatic heterocycles. The summed E-state index contributed by atoms with van der Waals surface area (Å²) in [6.07, 6.45) is 0. The summed E-state index contributed by atoms with van der Waals surface area (Å²) in [6, 6.07) is 6.63. The van der Waals surface area contributed by atoms with Crippen molar-refractivity contribution >= 4 is 5.97 Å². The van der Waals surface area contributed by atoms with E-state index in [-0.39, 0.29) is 5.76 Å². The van der Waals surface area contributed by atoms with Crippen LogP contribution in [0.1, 0.15) is 17.5 Å². The van der Waals surface area contributed by atoms with E-state index in [0.717, 1.165) is 0 Å². The Balaban J connectivity index is 2.50. The Kier molecular flexibility index (Phi) is 3.70. The van der Waals surface area contributed by atoms with Gasteiger partial charge in [0.15, 0.2) is 11.5 Å². The molecular formula is C13H13NO5. The molecule has 0 fully saturated rings. The zero-order valence-electron chi connectivity index (χ0n) is 10.5. The van der Waals surface area contributed by atoms with Gasteiger partial charge in [-0.05, 0) is 19.1 Å². The zero-order chi connectivity index (χ0) is 13.8.